The van der Waals surface area contributed by atoms with Crippen molar-refractivity contribution in [3.8, 4) is 5.75 Å². The van der Waals surface area contributed by atoms with Crippen LogP contribution in [0.15, 0.2) is 23.1 Å². The van der Waals surface area contributed by atoms with Gasteiger partial charge in [0.15, 0.2) is 0 Å². The summed E-state index contributed by atoms with van der Waals surface area (Å²) >= 11 is 4.24. The Kier molecular flexibility index (Phi) is 1.78. The third-order valence-electron chi connectivity index (χ3n) is 1.73. The molecule has 1 aliphatic rings. The highest BCUT2D eigenvalue weighted by atomic mass is 32.1. The van der Waals surface area contributed by atoms with Crippen molar-refractivity contribution in [2.45, 2.75) is 11.3 Å². The number of rotatable bonds is 0. The molecule has 0 N–H and O–H groups in total. The molecule has 0 unspecified atom stereocenters. The fraction of sp³-hybridized carbons (Fsp3) is 0.222. The van der Waals surface area contributed by atoms with Crippen molar-refractivity contribution in [2.24, 2.45) is 0 Å². The molecule has 1 aromatic rings. The average molecular weight is 165 g/mol. The van der Waals surface area contributed by atoms with Crippen LogP contribution in [0.5, 0.6) is 5.75 Å². The molecule has 0 saturated carbocycles. The molecule has 0 bridgehead atoms. The highest BCUT2D eigenvalue weighted by molar-refractivity contribution is 7.80. The van der Waals surface area contributed by atoms with Gasteiger partial charge < -0.3 is 4.74 Å². The van der Waals surface area contributed by atoms with Gasteiger partial charge in [0.1, 0.15) is 5.75 Å². The first-order chi connectivity index (χ1) is 5.36. The van der Waals surface area contributed by atoms with Gasteiger partial charge in [-0.2, -0.15) is 0 Å². The smallest absolute Gasteiger partial charge is 0.122 e. The van der Waals surface area contributed by atoms with E-state index in [9.17, 15) is 0 Å². The summed E-state index contributed by atoms with van der Waals surface area (Å²) in [6.07, 6.45) is 3.18. The Balaban J connectivity index is 2.43. The lowest BCUT2D eigenvalue weighted by Gasteiger charge is -2.16. The molecule has 1 aliphatic heterocycles. The van der Waals surface area contributed by atoms with Gasteiger partial charge in [-0.25, -0.2) is 0 Å². The Hall–Kier alpha value is -0.630. The van der Waals surface area contributed by atoms with Crippen LogP contribution in [0, 0.1) is 6.42 Å². The number of ether oxygens (including phenoxy) is 1. The summed E-state index contributed by atoms with van der Waals surface area (Å²) in [4.78, 5) is 0.991. The Morgan fingerprint density at radius 3 is 3.18 bits per heavy atom. The second-order valence-electron chi connectivity index (χ2n) is 2.56. The summed E-state index contributed by atoms with van der Waals surface area (Å²) < 4.78 is 5.41. The summed E-state index contributed by atoms with van der Waals surface area (Å²) in [5.41, 5.74) is 1.17. The summed E-state index contributed by atoms with van der Waals surface area (Å²) in [6, 6.07) is 5.94. The average Bonchev–Trinajstić information content (AvgIpc) is 2.04. The summed E-state index contributed by atoms with van der Waals surface area (Å²) in [6.45, 7) is 0.804. The molecular weight excluding hydrogens is 156 g/mol. The van der Waals surface area contributed by atoms with Crippen molar-refractivity contribution in [3.05, 3.63) is 30.2 Å². The summed E-state index contributed by atoms with van der Waals surface area (Å²) in [5.74, 6) is 0.981. The first kappa shape index (κ1) is 7.04. The van der Waals surface area contributed by atoms with Crippen LogP contribution in [-0.4, -0.2) is 6.61 Å². The molecule has 2 rings (SSSR count). The van der Waals surface area contributed by atoms with Crippen LogP contribution in [0.25, 0.3) is 0 Å². The lowest BCUT2D eigenvalue weighted by molar-refractivity contribution is 0.306. The van der Waals surface area contributed by atoms with Crippen LogP contribution >= 0.6 is 12.6 Å². The number of hydrogen-bond donors (Lipinski definition) is 1. The zero-order chi connectivity index (χ0) is 7.68. The topological polar surface area (TPSA) is 9.23 Å². The molecule has 0 atom stereocenters. The van der Waals surface area contributed by atoms with E-state index in [1.165, 1.54) is 5.56 Å². The van der Waals surface area contributed by atoms with E-state index in [0.29, 0.717) is 0 Å². The summed E-state index contributed by atoms with van der Waals surface area (Å²) in [5, 5.41) is 0. The minimum absolute atomic E-state index is 0.804. The predicted molar refractivity (Wildman–Crippen MR) is 47.2 cm³/mol. The molecule has 1 radical (unpaired) electrons. The van der Waals surface area contributed by atoms with Crippen molar-refractivity contribution >= 4 is 12.6 Å². The van der Waals surface area contributed by atoms with Gasteiger partial charge in [0.05, 0.1) is 6.61 Å². The molecule has 0 amide bonds. The quantitative estimate of drug-likeness (QED) is 0.580. The third-order valence-corrected chi connectivity index (χ3v) is 2.01. The second-order valence-corrected chi connectivity index (χ2v) is 3.08. The first-order valence-electron chi connectivity index (χ1n) is 3.65. The van der Waals surface area contributed by atoms with E-state index < -0.39 is 0 Å². The van der Waals surface area contributed by atoms with Gasteiger partial charge in [0.2, 0.25) is 0 Å². The van der Waals surface area contributed by atoms with Crippen molar-refractivity contribution in [1.82, 2.24) is 0 Å². The van der Waals surface area contributed by atoms with Gasteiger partial charge in [-0.05, 0) is 36.6 Å². The molecule has 1 heterocycles. The van der Waals surface area contributed by atoms with Crippen LogP contribution < -0.4 is 4.74 Å². The molecule has 0 saturated heterocycles. The zero-order valence-electron chi connectivity index (χ0n) is 6.08. The Bertz CT molecular complexity index is 270. The van der Waals surface area contributed by atoms with Gasteiger partial charge in [-0.3, -0.25) is 0 Å². The van der Waals surface area contributed by atoms with Gasteiger partial charge >= 0.3 is 0 Å². The number of thiol groups is 1. The normalized spacial score (nSPS) is 15.4. The van der Waals surface area contributed by atoms with Crippen molar-refractivity contribution in [3.63, 3.8) is 0 Å². The first-order valence-corrected chi connectivity index (χ1v) is 4.10. The minimum Gasteiger partial charge on any atom is -0.493 e. The predicted octanol–water partition coefficient (Wildman–Crippen LogP) is 2.31. The maximum atomic E-state index is 5.41. The molecular formula is C9H9OS. The van der Waals surface area contributed by atoms with E-state index in [0.717, 1.165) is 23.7 Å². The van der Waals surface area contributed by atoms with Crippen LogP contribution in [-0.2, 0) is 0 Å². The van der Waals surface area contributed by atoms with Crippen LogP contribution in [0.2, 0.25) is 0 Å². The van der Waals surface area contributed by atoms with Gasteiger partial charge in [0, 0.05) is 4.90 Å². The van der Waals surface area contributed by atoms with Gasteiger partial charge in [-0.15, -0.1) is 12.6 Å². The fourth-order valence-electron chi connectivity index (χ4n) is 1.21. The maximum Gasteiger partial charge on any atom is 0.122 e. The third kappa shape index (κ3) is 1.36. The van der Waals surface area contributed by atoms with E-state index in [2.05, 4.69) is 19.0 Å². The minimum atomic E-state index is 0.804. The van der Waals surface area contributed by atoms with Crippen molar-refractivity contribution in [2.75, 3.05) is 6.61 Å². The van der Waals surface area contributed by atoms with Crippen molar-refractivity contribution < 1.29 is 4.74 Å². The molecule has 0 spiro atoms. The molecule has 1 nitrogen and oxygen atoms in total. The van der Waals surface area contributed by atoms with Gasteiger partial charge in [-0.1, -0.05) is 0 Å². The molecule has 11 heavy (non-hydrogen) atoms. The molecule has 1 aromatic carbocycles. The van der Waals surface area contributed by atoms with Crippen LogP contribution in [0.1, 0.15) is 12.0 Å². The maximum absolute atomic E-state index is 5.41. The van der Waals surface area contributed by atoms with E-state index in [-0.39, 0.29) is 0 Å². The monoisotopic (exact) mass is 165 g/mol. The Labute approximate surface area is 71.8 Å². The Morgan fingerprint density at radius 2 is 2.27 bits per heavy atom. The number of fused-ring (bicyclic) bond motifs is 1. The van der Waals surface area contributed by atoms with E-state index in [1.54, 1.807) is 0 Å². The lowest BCUT2D eigenvalue weighted by atomic mass is 10.1. The molecule has 2 heteroatoms. The van der Waals surface area contributed by atoms with Crippen molar-refractivity contribution in [1.29, 1.82) is 0 Å². The number of benzene rings is 1. The van der Waals surface area contributed by atoms with E-state index >= 15 is 0 Å². The molecule has 0 aromatic heterocycles. The SMILES string of the molecule is Sc1ccc2c(c1)[CH]CCO2. The highest BCUT2D eigenvalue weighted by Gasteiger charge is 2.09. The standard InChI is InChI=1S/C9H9OS/c11-8-3-4-9-7(6-8)2-1-5-10-9/h2-4,6,11H,1,5H2. The van der Waals surface area contributed by atoms with E-state index in [4.69, 9.17) is 4.74 Å². The number of hydrogen-bond acceptors (Lipinski definition) is 2. The molecule has 57 valence electrons. The van der Waals surface area contributed by atoms with Crippen LogP contribution in [0.3, 0.4) is 0 Å². The highest BCUT2D eigenvalue weighted by Crippen LogP contribution is 2.27. The lowest BCUT2D eigenvalue weighted by Crippen LogP contribution is -2.06. The van der Waals surface area contributed by atoms with Crippen LogP contribution in [0.4, 0.5) is 0 Å². The zero-order valence-corrected chi connectivity index (χ0v) is 6.97. The van der Waals surface area contributed by atoms with Gasteiger partial charge in [0.25, 0.3) is 0 Å². The second kappa shape index (κ2) is 2.78. The summed E-state index contributed by atoms with van der Waals surface area (Å²) in [7, 11) is 0. The molecule has 0 fully saturated rings. The fourth-order valence-corrected chi connectivity index (χ4v) is 1.42. The largest absolute Gasteiger partial charge is 0.493 e. The van der Waals surface area contributed by atoms with E-state index in [1.807, 2.05) is 18.2 Å². The molecule has 0 aliphatic carbocycles. The Morgan fingerprint density at radius 1 is 1.36 bits per heavy atom.